The largest absolute Gasteiger partial charge is 0.457 e. The summed E-state index contributed by atoms with van der Waals surface area (Å²) in [4.78, 5) is 24.4. The SMILES string of the molecule is C=C1C2CC3(C1OC(C)=O)C(C1OC21)C12CCCC(C)(C)C1C(OC(C)=O)C3(O)OC2. The Morgan fingerprint density at radius 3 is 2.48 bits per heavy atom. The highest BCUT2D eigenvalue weighted by atomic mass is 16.7. The first-order chi connectivity index (χ1) is 14.5. The molecule has 4 saturated carbocycles. The van der Waals surface area contributed by atoms with Gasteiger partial charge in [-0.2, -0.15) is 0 Å². The lowest BCUT2D eigenvalue weighted by Gasteiger charge is -2.74. The van der Waals surface area contributed by atoms with Crippen LogP contribution in [0.1, 0.15) is 53.4 Å². The molecule has 3 saturated heterocycles. The van der Waals surface area contributed by atoms with Crippen LogP contribution in [-0.2, 0) is 28.5 Å². The molecule has 7 fully saturated rings. The third-order valence-corrected chi connectivity index (χ3v) is 9.72. The van der Waals surface area contributed by atoms with Crippen LogP contribution in [0.5, 0.6) is 0 Å². The Morgan fingerprint density at radius 2 is 1.81 bits per heavy atom. The number of esters is 2. The average molecular weight is 433 g/mol. The van der Waals surface area contributed by atoms with Gasteiger partial charge in [0.15, 0.2) is 6.10 Å². The maximum atomic E-state index is 12.4. The Balaban J connectivity index is 1.61. The highest BCUT2D eigenvalue weighted by Gasteiger charge is 2.89. The smallest absolute Gasteiger partial charge is 0.303 e. The third kappa shape index (κ3) is 2.12. The Labute approximate surface area is 182 Å². The number of carbonyl (C=O) groups excluding carboxylic acids is 2. The van der Waals surface area contributed by atoms with E-state index in [1.54, 1.807) is 0 Å². The number of ether oxygens (including phenoxy) is 4. The van der Waals surface area contributed by atoms with Gasteiger partial charge in [-0.25, -0.2) is 0 Å². The maximum Gasteiger partial charge on any atom is 0.303 e. The summed E-state index contributed by atoms with van der Waals surface area (Å²) in [5.41, 5.74) is -0.606. The normalized spacial score (nSPS) is 55.0. The van der Waals surface area contributed by atoms with Crippen LogP contribution >= 0.6 is 0 Å². The van der Waals surface area contributed by atoms with E-state index in [-0.39, 0.29) is 40.8 Å². The third-order valence-electron chi connectivity index (χ3n) is 9.72. The molecular weight excluding hydrogens is 400 g/mol. The second kappa shape index (κ2) is 5.72. The monoisotopic (exact) mass is 432 g/mol. The molecule has 3 heterocycles. The molecule has 1 N–H and O–H groups in total. The van der Waals surface area contributed by atoms with Gasteiger partial charge in [-0.1, -0.05) is 26.8 Å². The molecule has 31 heavy (non-hydrogen) atoms. The summed E-state index contributed by atoms with van der Waals surface area (Å²) in [5, 5.41) is 12.4. The van der Waals surface area contributed by atoms with Gasteiger partial charge >= 0.3 is 11.9 Å². The van der Waals surface area contributed by atoms with Gasteiger partial charge in [-0.15, -0.1) is 0 Å². The lowest BCUT2D eigenvalue weighted by Crippen LogP contribution is -2.83. The van der Waals surface area contributed by atoms with Crippen LogP contribution < -0.4 is 0 Å². The Hall–Kier alpha value is -1.44. The topological polar surface area (TPSA) is 94.6 Å². The second-order valence-electron chi connectivity index (χ2n) is 11.5. The molecule has 2 spiro atoms. The Kier molecular flexibility index (Phi) is 3.73. The van der Waals surface area contributed by atoms with E-state index in [4.69, 9.17) is 18.9 Å². The highest BCUT2D eigenvalue weighted by Crippen LogP contribution is 2.80. The van der Waals surface area contributed by atoms with Crippen LogP contribution in [-0.4, -0.2) is 53.9 Å². The summed E-state index contributed by atoms with van der Waals surface area (Å²) in [6.07, 6.45) is 2.04. The van der Waals surface area contributed by atoms with Crippen molar-refractivity contribution >= 4 is 11.9 Å². The lowest BCUT2D eigenvalue weighted by molar-refractivity contribution is -0.455. The van der Waals surface area contributed by atoms with Crippen LogP contribution in [0.15, 0.2) is 12.2 Å². The van der Waals surface area contributed by atoms with E-state index >= 15 is 0 Å². The standard InChI is InChI=1S/C24H32O7/c1-11-14-9-23(19(11)29-12(2)25)17(16-15(14)31-16)22-8-6-7-21(4,5)18(22)20(30-13(3)26)24(23,27)28-10-22/h14-20,27H,1,6-10H2,2-5H3. The number of carbonyl (C=O) groups is 2. The van der Waals surface area contributed by atoms with Gasteiger partial charge in [-0.3, -0.25) is 9.59 Å². The van der Waals surface area contributed by atoms with E-state index in [0.717, 1.165) is 24.8 Å². The van der Waals surface area contributed by atoms with E-state index in [2.05, 4.69) is 20.4 Å². The minimum Gasteiger partial charge on any atom is -0.457 e. The van der Waals surface area contributed by atoms with Gasteiger partial charge < -0.3 is 24.1 Å². The van der Waals surface area contributed by atoms with E-state index in [1.165, 1.54) is 13.8 Å². The second-order valence-corrected chi connectivity index (χ2v) is 11.5. The van der Waals surface area contributed by atoms with E-state index < -0.39 is 35.3 Å². The summed E-state index contributed by atoms with van der Waals surface area (Å²) in [6.45, 7) is 11.9. The van der Waals surface area contributed by atoms with Gasteiger partial charge in [-0.05, 0) is 30.3 Å². The van der Waals surface area contributed by atoms with Crippen molar-refractivity contribution in [2.45, 2.75) is 83.6 Å². The van der Waals surface area contributed by atoms with E-state index in [0.29, 0.717) is 13.0 Å². The molecule has 0 aromatic rings. The van der Waals surface area contributed by atoms with Crippen molar-refractivity contribution in [1.82, 2.24) is 0 Å². The zero-order chi connectivity index (χ0) is 22.1. The Morgan fingerprint density at radius 1 is 1.10 bits per heavy atom. The molecule has 4 aliphatic carbocycles. The fourth-order valence-electron chi connectivity index (χ4n) is 9.06. The van der Waals surface area contributed by atoms with Crippen molar-refractivity contribution in [3.8, 4) is 0 Å². The van der Waals surface area contributed by atoms with Crippen molar-refractivity contribution in [1.29, 1.82) is 0 Å². The number of rotatable bonds is 2. The number of hydrogen-bond donors (Lipinski definition) is 1. The fraction of sp³-hybridized carbons (Fsp3) is 0.833. The van der Waals surface area contributed by atoms with E-state index in [1.807, 2.05) is 0 Å². The van der Waals surface area contributed by atoms with Crippen molar-refractivity contribution in [2.75, 3.05) is 6.61 Å². The maximum absolute atomic E-state index is 12.4. The fourth-order valence-corrected chi connectivity index (χ4v) is 9.06. The number of aliphatic hydroxyl groups is 1. The number of fused-ring (bicyclic) bond motifs is 4. The minimum atomic E-state index is -1.76. The number of epoxide rings is 1. The molecule has 10 atom stereocenters. The molecule has 4 bridgehead atoms. The molecule has 7 rings (SSSR count). The summed E-state index contributed by atoms with van der Waals surface area (Å²) in [5.74, 6) is -2.72. The highest BCUT2D eigenvalue weighted by molar-refractivity contribution is 5.67. The van der Waals surface area contributed by atoms with Crippen molar-refractivity contribution in [3.05, 3.63) is 12.2 Å². The summed E-state index contributed by atoms with van der Waals surface area (Å²) >= 11 is 0. The van der Waals surface area contributed by atoms with Gasteiger partial charge in [0.05, 0.1) is 24.2 Å². The predicted octanol–water partition coefficient (Wildman–Crippen LogP) is 2.35. The van der Waals surface area contributed by atoms with Crippen LogP contribution in [0.3, 0.4) is 0 Å². The van der Waals surface area contributed by atoms with Crippen molar-refractivity contribution in [3.63, 3.8) is 0 Å². The van der Waals surface area contributed by atoms with E-state index in [9.17, 15) is 14.7 Å². The molecule has 0 aromatic heterocycles. The summed E-state index contributed by atoms with van der Waals surface area (Å²) in [7, 11) is 0. The average Bonchev–Trinajstić information content (AvgIpc) is 3.41. The zero-order valence-electron chi connectivity index (χ0n) is 18.7. The molecular formula is C24H32O7. The summed E-state index contributed by atoms with van der Waals surface area (Å²) in [6, 6.07) is 0. The first kappa shape index (κ1) is 20.2. The van der Waals surface area contributed by atoms with Crippen LogP contribution in [0.4, 0.5) is 0 Å². The molecule has 3 aliphatic heterocycles. The van der Waals surface area contributed by atoms with Crippen LogP contribution in [0.25, 0.3) is 0 Å². The van der Waals surface area contributed by atoms with Gasteiger partial charge in [0.2, 0.25) is 5.79 Å². The molecule has 7 heteroatoms. The molecule has 0 amide bonds. The van der Waals surface area contributed by atoms with Crippen LogP contribution in [0, 0.1) is 34.0 Å². The first-order valence-electron chi connectivity index (χ1n) is 11.5. The predicted molar refractivity (Wildman–Crippen MR) is 107 cm³/mol. The molecule has 7 nitrogen and oxygen atoms in total. The molecule has 10 unspecified atom stereocenters. The van der Waals surface area contributed by atoms with Gasteiger partial charge in [0.1, 0.15) is 6.10 Å². The molecule has 0 aromatic carbocycles. The quantitative estimate of drug-likeness (QED) is 0.407. The van der Waals surface area contributed by atoms with Gasteiger partial charge in [0, 0.05) is 37.0 Å². The van der Waals surface area contributed by atoms with Crippen molar-refractivity contribution < 1.29 is 33.6 Å². The van der Waals surface area contributed by atoms with Gasteiger partial charge in [0.25, 0.3) is 0 Å². The molecule has 0 radical (unpaired) electrons. The molecule has 170 valence electrons. The van der Waals surface area contributed by atoms with Crippen molar-refractivity contribution in [2.24, 2.45) is 34.0 Å². The van der Waals surface area contributed by atoms with Crippen LogP contribution in [0.2, 0.25) is 0 Å². The Bertz CT molecular complexity index is 896. The first-order valence-corrected chi connectivity index (χ1v) is 11.5. The zero-order valence-corrected chi connectivity index (χ0v) is 18.7. The lowest BCUT2D eigenvalue weighted by atomic mass is 9.36. The minimum absolute atomic E-state index is 0.00186. The summed E-state index contributed by atoms with van der Waals surface area (Å²) < 4.78 is 24.4. The number of hydrogen-bond acceptors (Lipinski definition) is 7. The molecule has 7 aliphatic rings.